The Kier molecular flexibility index (Phi) is 3.47. The molecule has 2 aliphatic rings. The lowest BCUT2D eigenvalue weighted by Crippen LogP contribution is -2.54. The van der Waals surface area contributed by atoms with Gasteiger partial charge >= 0.3 is 0 Å². The summed E-state index contributed by atoms with van der Waals surface area (Å²) in [5.41, 5.74) is 3.09. The van der Waals surface area contributed by atoms with Crippen LogP contribution in [0.25, 0.3) is 0 Å². The summed E-state index contributed by atoms with van der Waals surface area (Å²) in [7, 11) is 0. The molecule has 2 saturated heterocycles. The number of amides is 1. The van der Waals surface area contributed by atoms with Crippen LogP contribution < -0.4 is 10.2 Å². The summed E-state index contributed by atoms with van der Waals surface area (Å²) in [5.74, 6) is 0.748. The summed E-state index contributed by atoms with van der Waals surface area (Å²) in [6.07, 6.45) is 3.53. The SMILES string of the molecule is Cc1cc(C=O)ccc1N1CCC2NC(=O)CCC2C1. The highest BCUT2D eigenvalue weighted by atomic mass is 16.1. The summed E-state index contributed by atoms with van der Waals surface area (Å²) in [4.78, 5) is 24.6. The van der Waals surface area contributed by atoms with Crippen LogP contribution in [0.2, 0.25) is 0 Å². The van der Waals surface area contributed by atoms with E-state index in [0.29, 0.717) is 18.4 Å². The predicted molar refractivity (Wildman–Crippen MR) is 78.1 cm³/mol. The third-order valence-corrected chi connectivity index (χ3v) is 4.52. The van der Waals surface area contributed by atoms with Crippen molar-refractivity contribution < 1.29 is 9.59 Å². The Hall–Kier alpha value is -1.84. The van der Waals surface area contributed by atoms with E-state index in [4.69, 9.17) is 0 Å². The predicted octanol–water partition coefficient (Wildman–Crippen LogP) is 1.91. The van der Waals surface area contributed by atoms with E-state index in [1.807, 2.05) is 18.2 Å². The Labute approximate surface area is 119 Å². The molecular weight excluding hydrogens is 252 g/mol. The normalized spacial score (nSPS) is 25.9. The van der Waals surface area contributed by atoms with Gasteiger partial charge in [-0.3, -0.25) is 9.59 Å². The molecule has 2 aliphatic heterocycles. The number of rotatable bonds is 2. The number of nitrogens with zero attached hydrogens (tertiary/aromatic N) is 1. The van der Waals surface area contributed by atoms with Gasteiger partial charge in [-0.25, -0.2) is 0 Å². The second-order valence-corrected chi connectivity index (χ2v) is 5.87. The van der Waals surface area contributed by atoms with Crippen LogP contribution in [0.4, 0.5) is 5.69 Å². The Morgan fingerprint density at radius 3 is 2.95 bits per heavy atom. The van der Waals surface area contributed by atoms with Gasteiger partial charge < -0.3 is 10.2 Å². The van der Waals surface area contributed by atoms with E-state index in [0.717, 1.165) is 43.3 Å². The first-order valence-electron chi connectivity index (χ1n) is 7.27. The number of aldehydes is 1. The molecule has 20 heavy (non-hydrogen) atoms. The summed E-state index contributed by atoms with van der Waals surface area (Å²) in [6, 6.07) is 6.21. The molecule has 0 bridgehead atoms. The van der Waals surface area contributed by atoms with Gasteiger partial charge in [0.05, 0.1) is 0 Å². The maximum absolute atomic E-state index is 11.4. The molecule has 3 rings (SSSR count). The van der Waals surface area contributed by atoms with Crippen molar-refractivity contribution in [3.8, 4) is 0 Å². The number of anilines is 1. The largest absolute Gasteiger partial charge is 0.371 e. The van der Waals surface area contributed by atoms with Crippen molar-refractivity contribution in [3.63, 3.8) is 0 Å². The van der Waals surface area contributed by atoms with Gasteiger partial charge in [0.1, 0.15) is 6.29 Å². The third kappa shape index (κ3) is 2.42. The highest BCUT2D eigenvalue weighted by Gasteiger charge is 2.34. The van der Waals surface area contributed by atoms with Crippen molar-refractivity contribution in [2.24, 2.45) is 5.92 Å². The molecule has 4 heteroatoms. The second kappa shape index (κ2) is 5.27. The van der Waals surface area contributed by atoms with E-state index < -0.39 is 0 Å². The van der Waals surface area contributed by atoms with Gasteiger partial charge in [-0.05, 0) is 49.4 Å². The van der Waals surface area contributed by atoms with Crippen molar-refractivity contribution in [1.29, 1.82) is 0 Å². The van der Waals surface area contributed by atoms with E-state index in [2.05, 4.69) is 17.1 Å². The van der Waals surface area contributed by atoms with Crippen LogP contribution in [0.5, 0.6) is 0 Å². The molecule has 1 N–H and O–H groups in total. The van der Waals surface area contributed by atoms with E-state index >= 15 is 0 Å². The number of fused-ring (bicyclic) bond motifs is 1. The van der Waals surface area contributed by atoms with Gasteiger partial charge in [-0.2, -0.15) is 0 Å². The number of piperidine rings is 2. The Bertz CT molecular complexity index is 541. The Morgan fingerprint density at radius 2 is 2.20 bits per heavy atom. The second-order valence-electron chi connectivity index (χ2n) is 5.87. The van der Waals surface area contributed by atoms with Crippen LogP contribution in [-0.4, -0.2) is 31.3 Å². The molecule has 0 spiro atoms. The van der Waals surface area contributed by atoms with Crippen LogP contribution in [0.3, 0.4) is 0 Å². The van der Waals surface area contributed by atoms with E-state index in [1.165, 1.54) is 5.69 Å². The highest BCUT2D eigenvalue weighted by Crippen LogP contribution is 2.30. The minimum atomic E-state index is 0.200. The third-order valence-electron chi connectivity index (χ3n) is 4.52. The van der Waals surface area contributed by atoms with Crippen molar-refractivity contribution in [1.82, 2.24) is 5.32 Å². The number of hydrogen-bond donors (Lipinski definition) is 1. The highest BCUT2D eigenvalue weighted by molar-refractivity contribution is 5.78. The summed E-state index contributed by atoms with van der Waals surface area (Å²) in [5, 5.41) is 3.11. The number of benzene rings is 1. The standard InChI is InChI=1S/C16H20N2O2/c1-11-8-12(10-19)2-4-15(11)18-7-6-14-13(9-18)3-5-16(20)17-14/h2,4,8,10,13-14H,3,5-7,9H2,1H3,(H,17,20). The Balaban J connectivity index is 1.76. The lowest BCUT2D eigenvalue weighted by Gasteiger charge is -2.42. The number of hydrogen-bond acceptors (Lipinski definition) is 3. The van der Waals surface area contributed by atoms with Gasteiger partial charge in [0, 0.05) is 36.8 Å². The number of nitrogens with one attached hydrogen (secondary N) is 1. The molecule has 2 atom stereocenters. The molecule has 2 unspecified atom stereocenters. The summed E-state index contributed by atoms with van der Waals surface area (Å²) < 4.78 is 0. The first-order valence-corrected chi connectivity index (χ1v) is 7.27. The molecular formula is C16H20N2O2. The minimum Gasteiger partial charge on any atom is -0.371 e. The Morgan fingerprint density at radius 1 is 1.35 bits per heavy atom. The van der Waals surface area contributed by atoms with E-state index in [1.54, 1.807) is 0 Å². The molecule has 106 valence electrons. The fourth-order valence-electron chi connectivity index (χ4n) is 3.44. The fraction of sp³-hybridized carbons (Fsp3) is 0.500. The van der Waals surface area contributed by atoms with Gasteiger partial charge in [0.25, 0.3) is 0 Å². The van der Waals surface area contributed by atoms with Gasteiger partial charge in [0.15, 0.2) is 0 Å². The zero-order chi connectivity index (χ0) is 14.1. The maximum atomic E-state index is 11.4. The van der Waals surface area contributed by atoms with Gasteiger partial charge in [0.2, 0.25) is 5.91 Å². The average molecular weight is 272 g/mol. The van der Waals surface area contributed by atoms with Crippen LogP contribution in [-0.2, 0) is 4.79 Å². The number of aryl methyl sites for hydroxylation is 1. The molecule has 0 aromatic heterocycles. The van der Waals surface area contributed by atoms with Crippen LogP contribution in [0, 0.1) is 12.8 Å². The lowest BCUT2D eigenvalue weighted by atomic mass is 9.85. The van der Waals surface area contributed by atoms with Crippen LogP contribution in [0.15, 0.2) is 18.2 Å². The quantitative estimate of drug-likeness (QED) is 0.837. The van der Waals surface area contributed by atoms with E-state index in [-0.39, 0.29) is 5.91 Å². The molecule has 4 nitrogen and oxygen atoms in total. The molecule has 0 radical (unpaired) electrons. The van der Waals surface area contributed by atoms with Gasteiger partial charge in [-0.1, -0.05) is 0 Å². The van der Waals surface area contributed by atoms with Crippen molar-refractivity contribution >= 4 is 17.9 Å². The van der Waals surface area contributed by atoms with Crippen LogP contribution in [0.1, 0.15) is 35.2 Å². The molecule has 1 aromatic rings. The van der Waals surface area contributed by atoms with Crippen molar-refractivity contribution in [2.75, 3.05) is 18.0 Å². The lowest BCUT2D eigenvalue weighted by molar-refractivity contribution is -0.124. The first kappa shape index (κ1) is 13.2. The fourth-order valence-corrected chi connectivity index (χ4v) is 3.44. The van der Waals surface area contributed by atoms with E-state index in [9.17, 15) is 9.59 Å². The smallest absolute Gasteiger partial charge is 0.220 e. The molecule has 0 aliphatic carbocycles. The topological polar surface area (TPSA) is 49.4 Å². The monoisotopic (exact) mass is 272 g/mol. The van der Waals surface area contributed by atoms with Crippen molar-refractivity contribution in [2.45, 2.75) is 32.2 Å². The molecule has 1 aromatic carbocycles. The molecule has 0 saturated carbocycles. The van der Waals surface area contributed by atoms with Crippen LogP contribution >= 0.6 is 0 Å². The zero-order valence-electron chi connectivity index (χ0n) is 11.8. The number of carbonyl (C=O) groups excluding carboxylic acids is 2. The van der Waals surface area contributed by atoms with Crippen molar-refractivity contribution in [3.05, 3.63) is 29.3 Å². The minimum absolute atomic E-state index is 0.200. The molecule has 2 heterocycles. The summed E-state index contributed by atoms with van der Waals surface area (Å²) >= 11 is 0. The van der Waals surface area contributed by atoms with Gasteiger partial charge in [-0.15, -0.1) is 0 Å². The average Bonchev–Trinajstić information content (AvgIpc) is 2.46. The maximum Gasteiger partial charge on any atom is 0.220 e. The first-order chi connectivity index (χ1) is 9.67. The molecule has 2 fully saturated rings. The molecule has 1 amide bonds. The zero-order valence-corrected chi connectivity index (χ0v) is 11.8. The number of carbonyl (C=O) groups is 2. The summed E-state index contributed by atoms with van der Waals surface area (Å²) in [6.45, 7) is 4.01.